The zero-order valence-corrected chi connectivity index (χ0v) is 20.2. The normalized spacial score (nSPS) is 11.2. The number of benzene rings is 3. The standard InChI is InChI=1S/C28H26N4O5/c1-36-26(34)15-21-16-32(24-10-6-5-9-23(21)24)17-25(33)30-22-13-11-20(12-14-22)27(29)31-28(35)37-18-19-7-3-2-4-8-19/h2-14,16H,15,17-18H2,1H3,(H,30,33)(H2,29,31,35). The van der Waals surface area contributed by atoms with Crippen molar-refractivity contribution in [3.63, 3.8) is 0 Å². The number of esters is 1. The molecule has 0 aliphatic heterocycles. The second kappa shape index (κ2) is 11.7. The number of nitrogens with one attached hydrogen (secondary N) is 1. The van der Waals surface area contributed by atoms with Crippen LogP contribution in [0.2, 0.25) is 0 Å². The zero-order chi connectivity index (χ0) is 26.2. The molecule has 1 aromatic heterocycles. The largest absolute Gasteiger partial charge is 0.469 e. The van der Waals surface area contributed by atoms with Crippen LogP contribution in [-0.2, 0) is 38.6 Å². The molecule has 4 rings (SSSR count). The highest BCUT2D eigenvalue weighted by atomic mass is 16.5. The van der Waals surface area contributed by atoms with Crippen molar-refractivity contribution >= 4 is 40.4 Å². The predicted molar refractivity (Wildman–Crippen MR) is 140 cm³/mol. The van der Waals surface area contributed by atoms with E-state index in [0.717, 1.165) is 22.0 Å². The summed E-state index contributed by atoms with van der Waals surface area (Å²) in [5.74, 6) is -0.586. The van der Waals surface area contributed by atoms with Crippen LogP contribution in [-0.4, -0.2) is 35.5 Å². The molecule has 0 unspecified atom stereocenters. The van der Waals surface area contributed by atoms with Crippen LogP contribution in [0.3, 0.4) is 0 Å². The molecule has 1 heterocycles. The number of ether oxygens (including phenoxy) is 2. The van der Waals surface area contributed by atoms with E-state index in [1.54, 1.807) is 35.0 Å². The minimum atomic E-state index is -0.788. The van der Waals surface area contributed by atoms with E-state index < -0.39 is 6.09 Å². The summed E-state index contributed by atoms with van der Waals surface area (Å²) < 4.78 is 11.7. The van der Waals surface area contributed by atoms with Crippen LogP contribution >= 0.6 is 0 Å². The van der Waals surface area contributed by atoms with Crippen molar-refractivity contribution < 1.29 is 23.9 Å². The fraction of sp³-hybridized carbons (Fsp3) is 0.143. The Labute approximate surface area is 213 Å². The average Bonchev–Trinajstić information content (AvgIpc) is 3.25. The summed E-state index contributed by atoms with van der Waals surface area (Å²) in [6.45, 7) is 0.155. The summed E-state index contributed by atoms with van der Waals surface area (Å²) in [4.78, 5) is 40.3. The van der Waals surface area contributed by atoms with Gasteiger partial charge in [0.15, 0.2) is 0 Å². The Kier molecular flexibility index (Phi) is 7.95. The molecule has 0 aliphatic rings. The van der Waals surface area contributed by atoms with Crippen LogP contribution in [0.15, 0.2) is 90.1 Å². The molecule has 188 valence electrons. The number of anilines is 1. The van der Waals surface area contributed by atoms with E-state index in [9.17, 15) is 14.4 Å². The van der Waals surface area contributed by atoms with Gasteiger partial charge in [-0.3, -0.25) is 9.59 Å². The number of nitrogens with two attached hydrogens (primary N) is 1. The fourth-order valence-electron chi connectivity index (χ4n) is 3.82. The molecule has 9 heteroatoms. The molecule has 0 bridgehead atoms. The average molecular weight is 499 g/mol. The minimum absolute atomic E-state index is 0.00730. The highest BCUT2D eigenvalue weighted by Crippen LogP contribution is 2.22. The number of hydrogen-bond donors (Lipinski definition) is 2. The lowest BCUT2D eigenvalue weighted by atomic mass is 10.1. The van der Waals surface area contributed by atoms with Gasteiger partial charge in [-0.05, 0) is 41.5 Å². The SMILES string of the molecule is COC(=O)Cc1cn(CC(=O)Nc2ccc(/C(N)=N/C(=O)OCc3ccccc3)cc2)c2ccccc12. The van der Waals surface area contributed by atoms with Crippen molar-refractivity contribution in [3.05, 3.63) is 102 Å². The van der Waals surface area contributed by atoms with Gasteiger partial charge in [0.1, 0.15) is 19.0 Å². The summed E-state index contributed by atoms with van der Waals surface area (Å²) in [5, 5.41) is 3.73. The lowest BCUT2D eigenvalue weighted by Crippen LogP contribution is -2.19. The molecule has 4 aromatic rings. The lowest BCUT2D eigenvalue weighted by molar-refractivity contribution is -0.139. The van der Waals surface area contributed by atoms with Gasteiger partial charge in [0.25, 0.3) is 0 Å². The van der Waals surface area contributed by atoms with Crippen molar-refractivity contribution in [2.45, 2.75) is 19.6 Å². The molecular formula is C28H26N4O5. The molecule has 2 amide bonds. The number of fused-ring (bicyclic) bond motifs is 1. The van der Waals surface area contributed by atoms with Gasteiger partial charge in [-0.2, -0.15) is 4.99 Å². The van der Waals surface area contributed by atoms with Crippen LogP contribution in [0.25, 0.3) is 10.9 Å². The van der Waals surface area contributed by atoms with Crippen LogP contribution in [0.1, 0.15) is 16.7 Å². The van der Waals surface area contributed by atoms with Gasteiger partial charge in [0.2, 0.25) is 5.91 Å². The number of amidine groups is 1. The Morgan fingerprint density at radius 1 is 0.946 bits per heavy atom. The van der Waals surface area contributed by atoms with Gasteiger partial charge in [-0.1, -0.05) is 48.5 Å². The van der Waals surface area contributed by atoms with Gasteiger partial charge < -0.3 is 25.1 Å². The molecule has 0 radical (unpaired) electrons. The molecule has 0 saturated heterocycles. The van der Waals surface area contributed by atoms with Crippen molar-refractivity contribution in [2.24, 2.45) is 10.7 Å². The molecule has 0 aliphatic carbocycles. The summed E-state index contributed by atoms with van der Waals surface area (Å²) in [5.41, 5.74) is 9.49. The van der Waals surface area contributed by atoms with Gasteiger partial charge in [-0.25, -0.2) is 4.79 Å². The molecule has 0 atom stereocenters. The van der Waals surface area contributed by atoms with Crippen LogP contribution in [0, 0.1) is 0 Å². The Morgan fingerprint density at radius 2 is 1.65 bits per heavy atom. The molecule has 3 aromatic carbocycles. The minimum Gasteiger partial charge on any atom is -0.469 e. The van der Waals surface area contributed by atoms with Crippen molar-refractivity contribution in [1.82, 2.24) is 4.57 Å². The van der Waals surface area contributed by atoms with E-state index in [4.69, 9.17) is 15.2 Å². The third kappa shape index (κ3) is 6.61. The van der Waals surface area contributed by atoms with Crippen molar-refractivity contribution in [1.29, 1.82) is 0 Å². The van der Waals surface area contributed by atoms with Crippen LogP contribution in [0.4, 0.5) is 10.5 Å². The number of aromatic nitrogens is 1. The van der Waals surface area contributed by atoms with Gasteiger partial charge in [0.05, 0.1) is 13.5 Å². The molecule has 3 N–H and O–H groups in total. The monoisotopic (exact) mass is 498 g/mol. The molecule has 9 nitrogen and oxygen atoms in total. The van der Waals surface area contributed by atoms with E-state index in [2.05, 4.69) is 10.3 Å². The van der Waals surface area contributed by atoms with Gasteiger partial charge in [-0.15, -0.1) is 0 Å². The number of methoxy groups -OCH3 is 1. The smallest absolute Gasteiger partial charge is 0.435 e. The Bertz CT molecular complexity index is 1440. The summed E-state index contributed by atoms with van der Waals surface area (Å²) in [7, 11) is 1.34. The highest BCUT2D eigenvalue weighted by Gasteiger charge is 2.14. The second-order valence-corrected chi connectivity index (χ2v) is 8.22. The first kappa shape index (κ1) is 25.2. The summed E-state index contributed by atoms with van der Waals surface area (Å²) in [6, 6.07) is 23.5. The quantitative estimate of drug-likeness (QED) is 0.215. The third-order valence-electron chi connectivity index (χ3n) is 5.63. The molecule has 0 spiro atoms. The summed E-state index contributed by atoms with van der Waals surface area (Å²) >= 11 is 0. The maximum atomic E-state index is 12.7. The first-order valence-electron chi connectivity index (χ1n) is 11.5. The molecule has 0 fully saturated rings. The number of nitrogens with zero attached hydrogens (tertiary/aromatic N) is 2. The van der Waals surface area contributed by atoms with Crippen molar-refractivity contribution in [2.75, 3.05) is 12.4 Å². The number of hydrogen-bond acceptors (Lipinski definition) is 5. The fourth-order valence-corrected chi connectivity index (χ4v) is 3.82. The number of rotatable bonds is 8. The lowest BCUT2D eigenvalue weighted by Gasteiger charge is -2.08. The van der Waals surface area contributed by atoms with E-state index in [1.165, 1.54) is 7.11 Å². The van der Waals surface area contributed by atoms with E-state index in [1.807, 2.05) is 54.6 Å². The maximum absolute atomic E-state index is 12.7. The Balaban J connectivity index is 1.37. The molecule has 0 saturated carbocycles. The first-order valence-corrected chi connectivity index (χ1v) is 11.5. The maximum Gasteiger partial charge on any atom is 0.435 e. The number of aliphatic imine (C=N–C) groups is 1. The van der Waals surface area contributed by atoms with Crippen LogP contribution < -0.4 is 11.1 Å². The van der Waals surface area contributed by atoms with E-state index >= 15 is 0 Å². The Morgan fingerprint density at radius 3 is 2.38 bits per heavy atom. The zero-order valence-electron chi connectivity index (χ0n) is 20.2. The number of carbonyl (C=O) groups excluding carboxylic acids is 3. The summed E-state index contributed by atoms with van der Waals surface area (Å²) in [6.07, 6.45) is 1.12. The van der Waals surface area contributed by atoms with Gasteiger partial charge in [0, 0.05) is 28.4 Å². The first-order chi connectivity index (χ1) is 17.9. The van der Waals surface area contributed by atoms with E-state index in [-0.39, 0.29) is 37.3 Å². The topological polar surface area (TPSA) is 125 Å². The number of amides is 2. The predicted octanol–water partition coefficient (Wildman–Crippen LogP) is 4.04. The molecule has 37 heavy (non-hydrogen) atoms. The van der Waals surface area contributed by atoms with E-state index in [0.29, 0.717) is 11.3 Å². The highest BCUT2D eigenvalue weighted by molar-refractivity contribution is 6.03. The van der Waals surface area contributed by atoms with Crippen molar-refractivity contribution in [3.8, 4) is 0 Å². The molecular weight excluding hydrogens is 472 g/mol. The second-order valence-electron chi connectivity index (χ2n) is 8.22. The Hall–Kier alpha value is -4.92. The van der Waals surface area contributed by atoms with Gasteiger partial charge >= 0.3 is 12.1 Å². The third-order valence-corrected chi connectivity index (χ3v) is 5.63. The number of para-hydroxylation sites is 1. The number of carbonyl (C=O) groups is 3. The van der Waals surface area contributed by atoms with Crippen LogP contribution in [0.5, 0.6) is 0 Å².